The Morgan fingerprint density at radius 1 is 1.57 bits per heavy atom. The van der Waals surface area contributed by atoms with E-state index in [1.54, 1.807) is 7.11 Å². The Bertz CT molecular complexity index is 321. The van der Waals surface area contributed by atoms with E-state index in [0.29, 0.717) is 17.5 Å². The van der Waals surface area contributed by atoms with Crippen molar-refractivity contribution in [2.24, 2.45) is 0 Å². The van der Waals surface area contributed by atoms with Gasteiger partial charge in [0, 0.05) is 18.2 Å². The van der Waals surface area contributed by atoms with Crippen molar-refractivity contribution in [2.75, 3.05) is 25.9 Å². The summed E-state index contributed by atoms with van der Waals surface area (Å²) in [7, 11) is 1.59. The van der Waals surface area contributed by atoms with Gasteiger partial charge in [-0.15, -0.1) is 0 Å². The van der Waals surface area contributed by atoms with Gasteiger partial charge in [0.25, 0.3) is 0 Å². The fraction of sp³-hybridized carbons (Fsp3) is 0.500. The van der Waals surface area contributed by atoms with E-state index in [1.165, 1.54) is 0 Å². The molecule has 4 nitrogen and oxygen atoms in total. The molecular weight excluding hydrogens is 178 g/mol. The second-order valence-corrected chi connectivity index (χ2v) is 3.52. The molecule has 3 N–H and O–H groups in total. The van der Waals surface area contributed by atoms with E-state index in [1.807, 2.05) is 12.1 Å². The number of nitrogens with two attached hydrogens (primary N) is 1. The second kappa shape index (κ2) is 3.84. The Kier molecular flexibility index (Phi) is 2.54. The average Bonchev–Trinajstić information content (AvgIpc) is 2.71. The van der Waals surface area contributed by atoms with Crippen LogP contribution in [-0.2, 0) is 0 Å². The van der Waals surface area contributed by atoms with Crippen molar-refractivity contribution in [1.82, 2.24) is 10.3 Å². The molecular formula is C10H15N3O. The zero-order valence-corrected chi connectivity index (χ0v) is 8.29. The number of nitrogens with one attached hydrogen (secondary N) is 1. The van der Waals surface area contributed by atoms with Crippen LogP contribution in [0.5, 0.6) is 5.88 Å². The molecule has 1 unspecified atom stereocenters. The van der Waals surface area contributed by atoms with Crippen molar-refractivity contribution in [3.63, 3.8) is 0 Å². The van der Waals surface area contributed by atoms with Crippen molar-refractivity contribution in [1.29, 1.82) is 0 Å². The van der Waals surface area contributed by atoms with Gasteiger partial charge in [0.05, 0.1) is 12.8 Å². The quantitative estimate of drug-likeness (QED) is 0.727. The van der Waals surface area contributed by atoms with Gasteiger partial charge in [0.2, 0.25) is 5.88 Å². The molecule has 1 aromatic heterocycles. The molecule has 1 atom stereocenters. The first-order valence-corrected chi connectivity index (χ1v) is 4.82. The summed E-state index contributed by atoms with van der Waals surface area (Å²) in [5, 5.41) is 3.31. The maximum Gasteiger partial charge on any atom is 0.237 e. The molecule has 0 spiro atoms. The summed E-state index contributed by atoms with van der Waals surface area (Å²) in [5.74, 6) is 1.04. The first kappa shape index (κ1) is 9.27. The Balaban J connectivity index is 2.25. The minimum atomic E-state index is 0.504. The Morgan fingerprint density at radius 3 is 3.07 bits per heavy atom. The van der Waals surface area contributed by atoms with Crippen LogP contribution in [0.4, 0.5) is 5.69 Å². The van der Waals surface area contributed by atoms with Gasteiger partial charge in [-0.25, -0.2) is 4.98 Å². The van der Waals surface area contributed by atoms with Gasteiger partial charge in [-0.3, -0.25) is 0 Å². The van der Waals surface area contributed by atoms with Crippen LogP contribution in [0.2, 0.25) is 0 Å². The van der Waals surface area contributed by atoms with Crippen LogP contribution in [0, 0.1) is 0 Å². The van der Waals surface area contributed by atoms with Crippen LogP contribution in [0.1, 0.15) is 18.0 Å². The molecule has 4 heteroatoms. The Morgan fingerprint density at radius 2 is 2.43 bits per heavy atom. The number of aromatic nitrogens is 1. The molecule has 0 aromatic carbocycles. The van der Waals surface area contributed by atoms with Crippen LogP contribution in [0.25, 0.3) is 0 Å². The van der Waals surface area contributed by atoms with Gasteiger partial charge in [0.15, 0.2) is 0 Å². The first-order chi connectivity index (χ1) is 6.81. The monoisotopic (exact) mass is 193 g/mol. The first-order valence-electron chi connectivity index (χ1n) is 4.82. The molecule has 1 aliphatic heterocycles. The number of hydrogen-bond acceptors (Lipinski definition) is 4. The lowest BCUT2D eigenvalue weighted by Gasteiger charge is -2.10. The Labute approximate surface area is 83.5 Å². The van der Waals surface area contributed by atoms with Gasteiger partial charge in [-0.1, -0.05) is 0 Å². The molecule has 1 fully saturated rings. The van der Waals surface area contributed by atoms with Crippen molar-refractivity contribution >= 4 is 5.69 Å². The molecule has 0 radical (unpaired) electrons. The summed E-state index contributed by atoms with van der Waals surface area (Å²) in [6.45, 7) is 2.07. The third-order valence-corrected chi connectivity index (χ3v) is 2.58. The van der Waals surface area contributed by atoms with Crippen LogP contribution in [0.3, 0.4) is 0 Å². The number of nitrogen functional groups attached to an aromatic ring is 1. The molecule has 0 bridgehead atoms. The zero-order chi connectivity index (χ0) is 9.97. The van der Waals surface area contributed by atoms with Crippen LogP contribution in [-0.4, -0.2) is 25.2 Å². The van der Waals surface area contributed by atoms with Gasteiger partial charge < -0.3 is 15.8 Å². The lowest BCUT2D eigenvalue weighted by molar-refractivity contribution is 0.397. The highest BCUT2D eigenvalue weighted by molar-refractivity contribution is 5.48. The van der Waals surface area contributed by atoms with Gasteiger partial charge in [-0.2, -0.15) is 0 Å². The highest BCUT2D eigenvalue weighted by atomic mass is 16.5. The maximum atomic E-state index is 5.70. The number of pyridine rings is 1. The number of rotatable bonds is 2. The minimum Gasteiger partial charge on any atom is -0.480 e. The third-order valence-electron chi connectivity index (χ3n) is 2.58. The van der Waals surface area contributed by atoms with Gasteiger partial charge in [0.1, 0.15) is 0 Å². The molecule has 1 aromatic rings. The molecule has 0 saturated carbocycles. The van der Waals surface area contributed by atoms with Crippen molar-refractivity contribution in [2.45, 2.75) is 12.3 Å². The summed E-state index contributed by atoms with van der Waals surface area (Å²) in [6, 6.07) is 3.84. The molecule has 1 saturated heterocycles. The van der Waals surface area contributed by atoms with Gasteiger partial charge >= 0.3 is 0 Å². The summed E-state index contributed by atoms with van der Waals surface area (Å²) in [6.07, 6.45) is 1.14. The largest absolute Gasteiger partial charge is 0.480 e. The number of anilines is 1. The highest BCUT2D eigenvalue weighted by Gasteiger charge is 2.18. The third kappa shape index (κ3) is 1.65. The minimum absolute atomic E-state index is 0.504. The highest BCUT2D eigenvalue weighted by Crippen LogP contribution is 2.25. The van der Waals surface area contributed by atoms with Crippen molar-refractivity contribution in [3.05, 3.63) is 17.8 Å². The van der Waals surface area contributed by atoms with Crippen LogP contribution >= 0.6 is 0 Å². The van der Waals surface area contributed by atoms with Gasteiger partial charge in [-0.05, 0) is 25.1 Å². The lowest BCUT2D eigenvalue weighted by Crippen LogP contribution is -2.09. The maximum absolute atomic E-state index is 5.70. The zero-order valence-electron chi connectivity index (χ0n) is 8.29. The summed E-state index contributed by atoms with van der Waals surface area (Å²) >= 11 is 0. The molecule has 0 amide bonds. The van der Waals surface area contributed by atoms with E-state index in [4.69, 9.17) is 10.5 Å². The topological polar surface area (TPSA) is 60.2 Å². The summed E-state index contributed by atoms with van der Waals surface area (Å²) in [5.41, 5.74) is 7.37. The molecule has 0 aliphatic carbocycles. The van der Waals surface area contributed by atoms with Crippen LogP contribution < -0.4 is 15.8 Å². The van der Waals surface area contributed by atoms with E-state index < -0.39 is 0 Å². The predicted molar refractivity (Wildman–Crippen MR) is 55.4 cm³/mol. The number of hydrogen-bond donors (Lipinski definition) is 2. The van der Waals surface area contributed by atoms with E-state index in [2.05, 4.69) is 10.3 Å². The molecule has 76 valence electrons. The fourth-order valence-electron chi connectivity index (χ4n) is 1.76. The molecule has 1 aliphatic rings. The van der Waals surface area contributed by atoms with E-state index in [-0.39, 0.29) is 0 Å². The number of nitrogens with zero attached hydrogens (tertiary/aromatic N) is 1. The van der Waals surface area contributed by atoms with E-state index in [9.17, 15) is 0 Å². The predicted octanol–water partition coefficient (Wildman–Crippen LogP) is 0.749. The standard InChI is InChI=1S/C10H15N3O/c1-14-10-8(11)2-3-9(13-10)7-4-5-12-6-7/h2-3,7,12H,4-6,11H2,1H3. The SMILES string of the molecule is COc1nc(C2CCNC2)ccc1N. The number of methoxy groups -OCH3 is 1. The molecule has 2 rings (SSSR count). The average molecular weight is 193 g/mol. The van der Waals surface area contributed by atoms with Crippen molar-refractivity contribution in [3.8, 4) is 5.88 Å². The normalized spacial score (nSPS) is 21.1. The molecule has 14 heavy (non-hydrogen) atoms. The van der Waals surface area contributed by atoms with Crippen molar-refractivity contribution < 1.29 is 4.74 Å². The summed E-state index contributed by atoms with van der Waals surface area (Å²) in [4.78, 5) is 4.39. The fourth-order valence-corrected chi connectivity index (χ4v) is 1.76. The second-order valence-electron chi connectivity index (χ2n) is 3.52. The molecule has 2 heterocycles. The van der Waals surface area contributed by atoms with Crippen LogP contribution in [0.15, 0.2) is 12.1 Å². The lowest BCUT2D eigenvalue weighted by atomic mass is 10.0. The number of ether oxygens (including phenoxy) is 1. The van der Waals surface area contributed by atoms with E-state index in [0.717, 1.165) is 25.2 Å². The summed E-state index contributed by atoms with van der Waals surface area (Å²) < 4.78 is 5.09. The Hall–Kier alpha value is -1.29. The van der Waals surface area contributed by atoms with E-state index >= 15 is 0 Å². The smallest absolute Gasteiger partial charge is 0.237 e.